The molecule has 0 saturated carbocycles. The second kappa shape index (κ2) is 18.3. The predicted octanol–water partition coefficient (Wildman–Crippen LogP) is -2.60. The van der Waals surface area contributed by atoms with E-state index in [1.807, 2.05) is 0 Å². The Bertz CT molecular complexity index is 3110. The van der Waals surface area contributed by atoms with Gasteiger partial charge in [-0.05, 0) is 0 Å². The fourth-order valence-corrected chi connectivity index (χ4v) is 8.08. The van der Waals surface area contributed by atoms with Crippen molar-refractivity contribution in [3.8, 4) is 37.0 Å². The van der Waals surface area contributed by atoms with Gasteiger partial charge in [-0.3, -0.25) is 28.3 Å². The average molecular weight is 921 g/mol. The number of rotatable bonds is 9. The van der Waals surface area contributed by atoms with Gasteiger partial charge in [-0.15, -0.1) is 39.0 Å². The molecule has 3 aliphatic heterocycles. The van der Waals surface area contributed by atoms with Gasteiger partial charge in [0.2, 0.25) is 5.95 Å². The molecule has 0 amide bonds. The van der Waals surface area contributed by atoms with Crippen LogP contribution < -0.4 is 22.6 Å². The van der Waals surface area contributed by atoms with E-state index in [1.54, 1.807) is 4.57 Å². The first-order valence-electron chi connectivity index (χ1n) is 19.9. The number of fused-ring (bicyclic) bond motifs is 3. The molecule has 0 aliphatic carbocycles. The number of ether oxygens (including phenoxy) is 3. The summed E-state index contributed by atoms with van der Waals surface area (Å²) < 4.78 is 21.7. The maximum Gasteiger partial charge on any atom is 0.280 e. The third kappa shape index (κ3) is 7.59. The predicted molar refractivity (Wildman–Crippen MR) is 236 cm³/mol. The average Bonchev–Trinajstić information content (AvgIpc) is 4.19. The highest BCUT2D eigenvalue weighted by Gasteiger charge is 2.56. The molecule has 0 aromatic carbocycles. The van der Waals surface area contributed by atoms with E-state index in [0.717, 1.165) is 0 Å². The van der Waals surface area contributed by atoms with Gasteiger partial charge in [0.05, 0.1) is 62.9 Å². The van der Waals surface area contributed by atoms with E-state index in [2.05, 4.69) is 82.4 Å². The second-order valence-electron chi connectivity index (χ2n) is 15.3. The number of imidazole rings is 3. The van der Waals surface area contributed by atoms with Crippen molar-refractivity contribution in [2.24, 2.45) is 17.8 Å². The number of aliphatic hydroxyl groups is 6. The summed E-state index contributed by atoms with van der Waals surface area (Å²) in [5.74, 6) is 5.30. The Morgan fingerprint density at radius 1 is 0.642 bits per heavy atom. The number of aromatic nitrogens is 12. The lowest BCUT2D eigenvalue weighted by molar-refractivity contribution is -0.0895. The minimum absolute atomic E-state index is 0.0716. The first-order valence-corrected chi connectivity index (χ1v) is 19.9. The number of nitrogens with zero attached hydrogens (tertiary/aromatic N) is 10. The summed E-state index contributed by atoms with van der Waals surface area (Å²) in [6.45, 7) is 9.40. The Morgan fingerprint density at radius 2 is 1.04 bits per heavy atom. The fourth-order valence-electron chi connectivity index (χ4n) is 8.08. The monoisotopic (exact) mass is 920 g/mol. The fraction of sp³-hybridized carbons (Fsp3) is 0.357. The normalized spacial score (nSPS) is 30.9. The number of aromatic amines is 2. The number of hydrogen-bond donors (Lipinski definition) is 10. The molecule has 9 heterocycles. The van der Waals surface area contributed by atoms with Crippen LogP contribution in [0.1, 0.15) is 18.7 Å². The zero-order valence-corrected chi connectivity index (χ0v) is 35.1. The SMILES string of the molecule is C#C[C@]1(CO)O[C@@H](n2cnc3c(=O)[nH]c(N)nc32)[C@@H](C=C)[C@@H]1O.C#C[C@]1(CO)O[C@@H](n2cnc3c(=O)[nH]cnc32)[C@@H](C=C)[C@@H]1O.C#C[C@]1(CO)O[C@@H](n2cnc3c(N)ncnc32)[C@@H](C=C)[C@@H]1O. The molecule has 6 aromatic heterocycles. The van der Waals surface area contributed by atoms with E-state index in [-0.39, 0.29) is 34.0 Å². The maximum absolute atomic E-state index is 11.8. The van der Waals surface area contributed by atoms with Gasteiger partial charge in [0.1, 0.15) is 48.8 Å². The van der Waals surface area contributed by atoms with Crippen LogP contribution in [0.25, 0.3) is 33.5 Å². The number of anilines is 2. The van der Waals surface area contributed by atoms with Crippen molar-refractivity contribution in [2.75, 3.05) is 31.3 Å². The molecule has 12 N–H and O–H groups in total. The number of terminal acetylenes is 3. The van der Waals surface area contributed by atoms with E-state index in [0.29, 0.717) is 16.8 Å². The van der Waals surface area contributed by atoms with Crippen molar-refractivity contribution < 1.29 is 44.8 Å². The first kappa shape index (κ1) is 47.4. The molecule has 6 aromatic rings. The van der Waals surface area contributed by atoms with E-state index in [1.165, 1.54) is 59.0 Å². The number of hydrogen-bond acceptors (Lipinski definition) is 20. The van der Waals surface area contributed by atoms with Crippen molar-refractivity contribution >= 4 is 45.3 Å². The van der Waals surface area contributed by atoms with Crippen LogP contribution in [0.4, 0.5) is 11.8 Å². The molecule has 3 fully saturated rings. The van der Waals surface area contributed by atoms with E-state index in [4.69, 9.17) is 44.9 Å². The summed E-state index contributed by atoms with van der Waals surface area (Å²) >= 11 is 0. The van der Waals surface area contributed by atoms with E-state index in [9.17, 15) is 40.2 Å². The summed E-state index contributed by atoms with van der Waals surface area (Å²) in [5, 5.41) is 59.8. The molecule has 3 aliphatic rings. The number of aliphatic hydroxyl groups excluding tert-OH is 6. The summed E-state index contributed by atoms with van der Waals surface area (Å²) in [6.07, 6.45) is 21.7. The standard InChI is InChI=1S/C14H15N5O4.C14H15N5O3.C14H14N4O4/c1-3-7-9(21)14(4-2,5-20)23-12(7)19-6-16-8-10(19)17-13(15)18-11(8)22;1-3-8-10(21)14(4-2,5-20)22-13(8)19-7-18-9-11(15)16-6-17-12(9)19;1-3-8-10(20)14(4-2,5-19)22-13(8)18-7-17-9-11(18)15-6-16-12(9)21/h2-3,6-7,9,12,20-21H,1,5H2,(H3,15,17,18,22);2-3,6-8,10,13,20-21H,1,5H2,(H2,15,16,17);2-3,6-8,10,13,19-20H,1,5H2,(H,15,16,21)/t7-,9-,12+,14+;2*8-,10-,13+,14+/m000/s1. The molecule has 12 atom stereocenters. The molecule has 0 radical (unpaired) electrons. The molecule has 9 rings (SSSR count). The highest BCUT2D eigenvalue weighted by atomic mass is 16.6. The van der Waals surface area contributed by atoms with Crippen LogP contribution in [0.15, 0.2) is 79.2 Å². The van der Waals surface area contributed by atoms with Gasteiger partial charge in [0.25, 0.3) is 11.1 Å². The first-order chi connectivity index (χ1) is 32.1. The van der Waals surface area contributed by atoms with Crippen LogP contribution >= 0.6 is 0 Å². The Balaban J connectivity index is 0.000000149. The van der Waals surface area contributed by atoms with E-state index >= 15 is 0 Å². The Morgan fingerprint density at radius 3 is 1.46 bits per heavy atom. The lowest BCUT2D eigenvalue weighted by atomic mass is 9.91. The van der Waals surface area contributed by atoms with Crippen LogP contribution in [0.5, 0.6) is 0 Å². The molecule has 0 unspecified atom stereocenters. The maximum atomic E-state index is 11.8. The summed E-state index contributed by atoms with van der Waals surface area (Å²) in [6, 6.07) is 0. The minimum Gasteiger partial charge on any atom is -0.392 e. The molecule has 0 bridgehead atoms. The topological polar surface area (TPSA) is 372 Å². The van der Waals surface area contributed by atoms with Gasteiger partial charge in [0, 0.05) is 0 Å². The van der Waals surface area contributed by atoms with Crippen LogP contribution in [0, 0.1) is 54.8 Å². The molecule has 25 heteroatoms. The molecule has 3 saturated heterocycles. The van der Waals surface area contributed by atoms with Gasteiger partial charge in [-0.25, -0.2) is 29.9 Å². The zero-order valence-electron chi connectivity index (χ0n) is 35.1. The van der Waals surface area contributed by atoms with Gasteiger partial charge in [-0.2, -0.15) is 4.98 Å². The van der Waals surface area contributed by atoms with E-state index < -0.39 is 96.9 Å². The zero-order chi connectivity index (χ0) is 48.6. The lowest BCUT2D eigenvalue weighted by Crippen LogP contribution is -2.43. The number of nitrogen functional groups attached to an aromatic ring is 2. The van der Waals surface area contributed by atoms with Gasteiger partial charge in [0.15, 0.2) is 50.6 Å². The third-order valence-corrected chi connectivity index (χ3v) is 11.8. The number of H-pyrrole nitrogens is 2. The molecule has 67 heavy (non-hydrogen) atoms. The molecule has 0 spiro atoms. The summed E-state index contributed by atoms with van der Waals surface area (Å²) in [4.78, 5) is 56.6. The highest BCUT2D eigenvalue weighted by Crippen LogP contribution is 2.45. The summed E-state index contributed by atoms with van der Waals surface area (Å²) in [7, 11) is 0. The minimum atomic E-state index is -1.58. The molecular weight excluding hydrogens is 877 g/mol. The highest BCUT2D eigenvalue weighted by molar-refractivity contribution is 5.81. The van der Waals surface area contributed by atoms with Crippen molar-refractivity contribution in [3.05, 3.63) is 90.3 Å². The lowest BCUT2D eigenvalue weighted by Gasteiger charge is -2.23. The molecule has 25 nitrogen and oxygen atoms in total. The van der Waals surface area contributed by atoms with Gasteiger partial charge >= 0.3 is 0 Å². The van der Waals surface area contributed by atoms with Crippen molar-refractivity contribution in [3.63, 3.8) is 0 Å². The molecule has 348 valence electrons. The largest absolute Gasteiger partial charge is 0.392 e. The van der Waals surface area contributed by atoms with Gasteiger partial charge < -0.3 is 61.3 Å². The summed E-state index contributed by atoms with van der Waals surface area (Å²) in [5.41, 5.74) is 7.38. The second-order valence-corrected chi connectivity index (χ2v) is 15.3. The van der Waals surface area contributed by atoms with Crippen LogP contribution in [0.2, 0.25) is 0 Å². The van der Waals surface area contributed by atoms with Crippen molar-refractivity contribution in [1.29, 1.82) is 0 Å². The number of nitrogens with one attached hydrogen (secondary N) is 2. The van der Waals surface area contributed by atoms with Crippen molar-refractivity contribution in [2.45, 2.75) is 53.8 Å². The van der Waals surface area contributed by atoms with Gasteiger partial charge in [-0.1, -0.05) is 36.0 Å². The number of nitrogens with two attached hydrogens (primary N) is 2. The molecular formula is C42H44N14O11. The van der Waals surface area contributed by atoms with Crippen LogP contribution in [-0.4, -0.2) is 144 Å². The van der Waals surface area contributed by atoms with Crippen LogP contribution in [0.3, 0.4) is 0 Å². The smallest absolute Gasteiger partial charge is 0.280 e. The quantitative estimate of drug-likeness (QED) is 0.0525. The Hall–Kier alpha value is -7.61. The van der Waals surface area contributed by atoms with Crippen molar-refractivity contribution in [1.82, 2.24) is 58.6 Å². The van der Waals surface area contributed by atoms with Crippen LogP contribution in [-0.2, 0) is 14.2 Å². The third-order valence-electron chi connectivity index (χ3n) is 11.8. The Kier molecular flexibility index (Phi) is 13.0. The Labute approximate surface area is 378 Å².